The van der Waals surface area contributed by atoms with Gasteiger partial charge in [0, 0.05) is 10.5 Å². The van der Waals surface area contributed by atoms with Gasteiger partial charge in [-0.15, -0.1) is 0 Å². The van der Waals surface area contributed by atoms with Gasteiger partial charge in [-0.1, -0.05) is 28.1 Å². The summed E-state index contributed by atoms with van der Waals surface area (Å²) in [4.78, 5) is 12.1. The van der Waals surface area contributed by atoms with Crippen LogP contribution in [0.2, 0.25) is 0 Å². The first kappa shape index (κ1) is 13.3. The van der Waals surface area contributed by atoms with Gasteiger partial charge in [0.1, 0.15) is 17.7 Å². The Hall–Kier alpha value is -1.68. The van der Waals surface area contributed by atoms with Crippen molar-refractivity contribution in [3.8, 4) is 5.75 Å². The number of ether oxygens (including phenoxy) is 1. The molecule has 102 valence electrons. The molecule has 4 heteroatoms. The third-order valence-electron chi connectivity index (χ3n) is 3.44. The van der Waals surface area contributed by atoms with E-state index in [2.05, 4.69) is 15.9 Å². The Balaban J connectivity index is 1.98. The van der Waals surface area contributed by atoms with Crippen LogP contribution in [0.4, 0.5) is 4.39 Å². The van der Waals surface area contributed by atoms with Crippen molar-refractivity contribution in [3.63, 3.8) is 0 Å². The van der Waals surface area contributed by atoms with Crippen molar-refractivity contribution in [3.05, 3.63) is 63.4 Å². The summed E-state index contributed by atoms with van der Waals surface area (Å²) in [6.45, 7) is 1.98. The molecule has 1 heterocycles. The molecular formula is C16H12BrFO2. The summed E-state index contributed by atoms with van der Waals surface area (Å²) in [5.41, 5.74) is 2.45. The molecule has 2 aromatic rings. The van der Waals surface area contributed by atoms with E-state index < -0.39 is 5.82 Å². The monoisotopic (exact) mass is 334 g/mol. The van der Waals surface area contributed by atoms with Crippen molar-refractivity contribution >= 4 is 21.7 Å². The first-order valence-corrected chi connectivity index (χ1v) is 7.09. The Labute approximate surface area is 124 Å². The Kier molecular flexibility index (Phi) is 3.34. The van der Waals surface area contributed by atoms with Crippen molar-refractivity contribution in [2.45, 2.75) is 19.4 Å². The van der Waals surface area contributed by atoms with Crippen LogP contribution in [0.25, 0.3) is 0 Å². The predicted molar refractivity (Wildman–Crippen MR) is 77.6 cm³/mol. The van der Waals surface area contributed by atoms with Gasteiger partial charge in [-0.25, -0.2) is 4.39 Å². The molecule has 2 nitrogen and oxygen atoms in total. The summed E-state index contributed by atoms with van der Waals surface area (Å²) in [5, 5.41) is 0. The van der Waals surface area contributed by atoms with Crippen molar-refractivity contribution in [1.29, 1.82) is 0 Å². The number of carbonyl (C=O) groups excluding carboxylic acids is 1. The van der Waals surface area contributed by atoms with Gasteiger partial charge >= 0.3 is 0 Å². The minimum atomic E-state index is -0.399. The second kappa shape index (κ2) is 5.02. The molecule has 3 rings (SSSR count). The fraction of sp³-hybridized carbons (Fsp3) is 0.188. The van der Waals surface area contributed by atoms with Gasteiger partial charge in [-0.2, -0.15) is 0 Å². The number of ketones is 1. The Morgan fingerprint density at radius 3 is 2.80 bits per heavy atom. The van der Waals surface area contributed by atoms with Gasteiger partial charge < -0.3 is 4.74 Å². The quantitative estimate of drug-likeness (QED) is 0.761. The van der Waals surface area contributed by atoms with Gasteiger partial charge in [0.25, 0.3) is 0 Å². The van der Waals surface area contributed by atoms with Crippen LogP contribution in [-0.2, 0) is 0 Å². The van der Waals surface area contributed by atoms with Gasteiger partial charge in [0.05, 0.1) is 12.0 Å². The maximum absolute atomic E-state index is 13.3. The van der Waals surface area contributed by atoms with Crippen LogP contribution in [-0.4, -0.2) is 5.78 Å². The van der Waals surface area contributed by atoms with E-state index in [1.807, 2.05) is 25.1 Å². The van der Waals surface area contributed by atoms with E-state index in [1.54, 1.807) is 0 Å². The van der Waals surface area contributed by atoms with Gasteiger partial charge in [0.2, 0.25) is 0 Å². The molecular weight excluding hydrogens is 323 g/mol. The number of fused-ring (bicyclic) bond motifs is 1. The molecule has 0 N–H and O–H groups in total. The molecule has 0 saturated carbocycles. The zero-order valence-corrected chi connectivity index (χ0v) is 12.4. The fourth-order valence-corrected chi connectivity index (χ4v) is 2.60. The molecule has 0 fully saturated rings. The van der Waals surface area contributed by atoms with Crippen LogP contribution in [0, 0.1) is 12.7 Å². The number of Topliss-reactive ketones (excluding diaryl/α,β-unsaturated/α-hetero) is 1. The van der Waals surface area contributed by atoms with Crippen LogP contribution in [0.1, 0.15) is 34.0 Å². The van der Waals surface area contributed by atoms with Gasteiger partial charge in [-0.05, 0) is 36.2 Å². The lowest BCUT2D eigenvalue weighted by Gasteiger charge is -2.25. The highest BCUT2D eigenvalue weighted by atomic mass is 79.9. The first-order valence-electron chi connectivity index (χ1n) is 6.30. The summed E-state index contributed by atoms with van der Waals surface area (Å²) in [5.74, 6) is -0.0900. The SMILES string of the molecule is Cc1cc(C2CC(=O)c3ccc(F)cc3O2)ccc1Br. The van der Waals surface area contributed by atoms with Gasteiger partial charge in [-0.3, -0.25) is 4.79 Å². The highest BCUT2D eigenvalue weighted by molar-refractivity contribution is 9.10. The molecule has 1 atom stereocenters. The molecule has 2 aromatic carbocycles. The number of carbonyl (C=O) groups is 1. The molecule has 1 aliphatic rings. The van der Waals surface area contributed by atoms with E-state index in [1.165, 1.54) is 18.2 Å². The maximum atomic E-state index is 13.3. The first-order chi connectivity index (χ1) is 9.54. The average molecular weight is 335 g/mol. The molecule has 0 spiro atoms. The lowest BCUT2D eigenvalue weighted by molar-refractivity contribution is 0.0849. The molecule has 0 saturated heterocycles. The number of hydrogen-bond acceptors (Lipinski definition) is 2. The zero-order chi connectivity index (χ0) is 14.3. The summed E-state index contributed by atoms with van der Waals surface area (Å²) in [7, 11) is 0. The molecule has 0 aliphatic carbocycles. The topological polar surface area (TPSA) is 26.3 Å². The number of hydrogen-bond donors (Lipinski definition) is 0. The minimum absolute atomic E-state index is 0.0168. The molecule has 0 aromatic heterocycles. The van der Waals surface area contributed by atoms with E-state index in [9.17, 15) is 9.18 Å². The highest BCUT2D eigenvalue weighted by Gasteiger charge is 2.28. The van der Waals surface area contributed by atoms with Crippen molar-refractivity contribution in [2.75, 3.05) is 0 Å². The van der Waals surface area contributed by atoms with Crippen molar-refractivity contribution in [1.82, 2.24) is 0 Å². The van der Waals surface area contributed by atoms with Crippen molar-refractivity contribution in [2.24, 2.45) is 0 Å². The summed E-state index contributed by atoms with van der Waals surface area (Å²) in [6, 6.07) is 9.86. The zero-order valence-electron chi connectivity index (χ0n) is 10.8. The number of aryl methyl sites for hydroxylation is 1. The lowest BCUT2D eigenvalue weighted by Crippen LogP contribution is -2.20. The third-order valence-corrected chi connectivity index (χ3v) is 4.33. The van der Waals surface area contributed by atoms with Crippen LogP contribution < -0.4 is 4.74 Å². The van der Waals surface area contributed by atoms with Crippen LogP contribution in [0.15, 0.2) is 40.9 Å². The normalized spacial score (nSPS) is 17.6. The predicted octanol–water partition coefficient (Wildman–Crippen LogP) is 4.60. The third kappa shape index (κ3) is 2.36. The Morgan fingerprint density at radius 2 is 2.05 bits per heavy atom. The molecule has 1 unspecified atom stereocenters. The van der Waals surface area contributed by atoms with E-state index in [-0.39, 0.29) is 18.3 Å². The second-order valence-electron chi connectivity index (χ2n) is 4.88. The summed E-state index contributed by atoms with van der Waals surface area (Å²) >= 11 is 3.44. The smallest absolute Gasteiger partial charge is 0.170 e. The molecule has 0 amide bonds. The second-order valence-corrected chi connectivity index (χ2v) is 5.74. The summed E-state index contributed by atoms with van der Waals surface area (Å²) in [6.07, 6.45) is -0.0803. The highest BCUT2D eigenvalue weighted by Crippen LogP contribution is 2.36. The number of rotatable bonds is 1. The molecule has 0 radical (unpaired) electrons. The fourth-order valence-electron chi connectivity index (χ4n) is 2.35. The average Bonchev–Trinajstić information content (AvgIpc) is 2.41. The van der Waals surface area contributed by atoms with Gasteiger partial charge in [0.15, 0.2) is 5.78 Å². The summed E-state index contributed by atoms with van der Waals surface area (Å²) < 4.78 is 20.1. The van der Waals surface area contributed by atoms with Crippen molar-refractivity contribution < 1.29 is 13.9 Å². The minimum Gasteiger partial charge on any atom is -0.484 e. The van der Waals surface area contributed by atoms with E-state index in [0.717, 1.165) is 15.6 Å². The largest absolute Gasteiger partial charge is 0.484 e. The molecule has 0 bridgehead atoms. The van der Waals surface area contributed by atoms with E-state index >= 15 is 0 Å². The molecule has 20 heavy (non-hydrogen) atoms. The lowest BCUT2D eigenvalue weighted by atomic mass is 9.95. The van der Waals surface area contributed by atoms with Crippen LogP contribution in [0.3, 0.4) is 0 Å². The molecule has 1 aliphatic heterocycles. The number of benzene rings is 2. The Morgan fingerprint density at radius 1 is 1.25 bits per heavy atom. The number of halogens is 2. The van der Waals surface area contributed by atoms with E-state index in [0.29, 0.717) is 11.3 Å². The Bertz CT molecular complexity index is 697. The van der Waals surface area contributed by atoms with Crippen LogP contribution in [0.5, 0.6) is 5.75 Å². The maximum Gasteiger partial charge on any atom is 0.170 e. The standard InChI is InChI=1S/C16H12BrFO2/c1-9-6-10(2-5-13(9)17)15-8-14(19)12-4-3-11(18)7-16(12)20-15/h2-7,15H,8H2,1H3. The van der Waals surface area contributed by atoms with Crippen LogP contribution >= 0.6 is 15.9 Å². The van der Waals surface area contributed by atoms with E-state index in [4.69, 9.17) is 4.74 Å².